The number of hydrogen-bond donors (Lipinski definition) is 0. The number of hydrogen-bond acceptors (Lipinski definition) is 2. The van der Waals surface area contributed by atoms with Gasteiger partial charge in [-0.1, -0.05) is 15.9 Å². The first-order valence-corrected chi connectivity index (χ1v) is 9.46. The Labute approximate surface area is 159 Å². The zero-order chi connectivity index (χ0) is 18.4. The van der Waals surface area contributed by atoms with Gasteiger partial charge < -0.3 is 9.80 Å². The van der Waals surface area contributed by atoms with Crippen LogP contribution in [0.4, 0.5) is 15.8 Å². The van der Waals surface area contributed by atoms with Gasteiger partial charge in [-0.15, -0.1) is 0 Å². The number of benzene rings is 2. The largest absolute Gasteiger partial charge is 0.312 e. The number of anilines is 2. The lowest BCUT2D eigenvalue weighted by atomic mass is 9.99. The fourth-order valence-electron chi connectivity index (χ4n) is 3.87. The second kappa shape index (κ2) is 6.50. The number of carbonyl (C=O) groups is 2. The summed E-state index contributed by atoms with van der Waals surface area (Å²) in [4.78, 5) is 28.0. The highest BCUT2D eigenvalue weighted by Gasteiger charge is 2.29. The van der Waals surface area contributed by atoms with Gasteiger partial charge in [-0.3, -0.25) is 9.59 Å². The SMILES string of the molecule is CC(=O)N1CCc2cc(C(=O)N3CCCc4cc(Br)cc(F)c43)ccc21. The molecule has 0 atom stereocenters. The van der Waals surface area contributed by atoms with Gasteiger partial charge in [-0.2, -0.15) is 0 Å². The number of nitrogens with zero attached hydrogens (tertiary/aromatic N) is 2. The maximum absolute atomic E-state index is 14.5. The molecule has 4 nitrogen and oxygen atoms in total. The average molecular weight is 417 g/mol. The Kier molecular flexibility index (Phi) is 4.31. The standard InChI is InChI=1S/C20H18BrFN2O2/c1-12(25)23-8-6-13-9-15(4-5-18(13)23)20(26)24-7-2-3-14-10-16(21)11-17(22)19(14)24/h4-5,9-11H,2-3,6-8H2,1H3. The van der Waals surface area contributed by atoms with Gasteiger partial charge in [0.05, 0.1) is 5.69 Å². The van der Waals surface area contributed by atoms with E-state index in [1.165, 1.54) is 6.07 Å². The number of fused-ring (bicyclic) bond motifs is 2. The third-order valence-electron chi connectivity index (χ3n) is 5.05. The lowest BCUT2D eigenvalue weighted by Gasteiger charge is -2.30. The van der Waals surface area contributed by atoms with Crippen molar-refractivity contribution in [2.45, 2.75) is 26.2 Å². The molecule has 2 aromatic carbocycles. The maximum atomic E-state index is 14.5. The summed E-state index contributed by atoms with van der Waals surface area (Å²) in [5, 5.41) is 0. The molecule has 0 N–H and O–H groups in total. The molecule has 0 spiro atoms. The molecule has 2 aliphatic heterocycles. The second-order valence-corrected chi connectivity index (χ2v) is 7.64. The van der Waals surface area contributed by atoms with Gasteiger partial charge in [0.1, 0.15) is 5.82 Å². The molecule has 2 amide bonds. The zero-order valence-corrected chi connectivity index (χ0v) is 16.0. The van der Waals surface area contributed by atoms with Crippen LogP contribution in [-0.2, 0) is 17.6 Å². The van der Waals surface area contributed by atoms with E-state index in [1.807, 2.05) is 18.2 Å². The van der Waals surface area contributed by atoms with Crippen LogP contribution in [0.3, 0.4) is 0 Å². The highest BCUT2D eigenvalue weighted by atomic mass is 79.9. The highest BCUT2D eigenvalue weighted by molar-refractivity contribution is 9.10. The second-order valence-electron chi connectivity index (χ2n) is 6.72. The van der Waals surface area contributed by atoms with Gasteiger partial charge in [-0.25, -0.2) is 4.39 Å². The Morgan fingerprint density at radius 1 is 1.04 bits per heavy atom. The third-order valence-corrected chi connectivity index (χ3v) is 5.51. The monoisotopic (exact) mass is 416 g/mol. The molecule has 0 unspecified atom stereocenters. The normalized spacial score (nSPS) is 15.7. The predicted molar refractivity (Wildman–Crippen MR) is 102 cm³/mol. The van der Waals surface area contributed by atoms with Crippen molar-refractivity contribution in [3.63, 3.8) is 0 Å². The molecule has 0 aromatic heterocycles. The van der Waals surface area contributed by atoms with Gasteiger partial charge >= 0.3 is 0 Å². The van der Waals surface area contributed by atoms with E-state index in [4.69, 9.17) is 0 Å². The molecule has 4 rings (SSSR count). The molecule has 2 aromatic rings. The van der Waals surface area contributed by atoms with Crippen LogP contribution in [0.2, 0.25) is 0 Å². The lowest BCUT2D eigenvalue weighted by Crippen LogP contribution is -2.36. The fourth-order valence-corrected chi connectivity index (χ4v) is 4.35. The molecular formula is C20H18BrFN2O2. The summed E-state index contributed by atoms with van der Waals surface area (Å²) in [5.74, 6) is -0.581. The average Bonchev–Trinajstić information content (AvgIpc) is 3.03. The van der Waals surface area contributed by atoms with E-state index in [2.05, 4.69) is 15.9 Å². The Morgan fingerprint density at radius 2 is 1.85 bits per heavy atom. The van der Waals surface area contributed by atoms with Crippen LogP contribution in [0, 0.1) is 5.82 Å². The topological polar surface area (TPSA) is 40.6 Å². The van der Waals surface area contributed by atoms with E-state index in [0.29, 0.717) is 28.8 Å². The minimum atomic E-state index is -0.383. The molecule has 0 aliphatic carbocycles. The highest BCUT2D eigenvalue weighted by Crippen LogP contribution is 2.35. The Morgan fingerprint density at radius 3 is 2.62 bits per heavy atom. The van der Waals surface area contributed by atoms with Crippen LogP contribution in [0.1, 0.15) is 34.8 Å². The first kappa shape index (κ1) is 17.2. The summed E-state index contributed by atoms with van der Waals surface area (Å²) >= 11 is 3.32. The molecule has 6 heteroatoms. The van der Waals surface area contributed by atoms with Gasteiger partial charge in [0.2, 0.25) is 5.91 Å². The first-order chi connectivity index (χ1) is 12.5. The Bertz CT molecular complexity index is 928. The van der Waals surface area contributed by atoms with Crippen LogP contribution in [0.5, 0.6) is 0 Å². The summed E-state index contributed by atoms with van der Waals surface area (Å²) < 4.78 is 15.2. The molecule has 2 aliphatic rings. The number of aryl methyl sites for hydroxylation is 1. The van der Waals surface area contributed by atoms with Crippen molar-refractivity contribution in [1.29, 1.82) is 0 Å². The van der Waals surface area contributed by atoms with Crippen molar-refractivity contribution in [1.82, 2.24) is 0 Å². The third kappa shape index (κ3) is 2.82. The fraction of sp³-hybridized carbons (Fsp3) is 0.300. The number of rotatable bonds is 1. The van der Waals surface area contributed by atoms with Crippen LogP contribution < -0.4 is 9.80 Å². The Balaban J connectivity index is 1.69. The smallest absolute Gasteiger partial charge is 0.258 e. The van der Waals surface area contributed by atoms with E-state index in [1.54, 1.807) is 22.8 Å². The predicted octanol–water partition coefficient (Wildman–Crippen LogP) is 4.09. The Hall–Kier alpha value is -2.21. The van der Waals surface area contributed by atoms with Gasteiger partial charge in [0, 0.05) is 35.7 Å². The van der Waals surface area contributed by atoms with Crippen molar-refractivity contribution in [2.24, 2.45) is 0 Å². The van der Waals surface area contributed by atoms with Crippen LogP contribution in [0.25, 0.3) is 0 Å². The molecule has 0 bridgehead atoms. The van der Waals surface area contributed by atoms with Crippen molar-refractivity contribution in [3.8, 4) is 0 Å². The van der Waals surface area contributed by atoms with Gasteiger partial charge in [-0.05, 0) is 60.7 Å². The summed E-state index contributed by atoms with van der Waals surface area (Å²) in [6, 6.07) is 8.67. The summed E-state index contributed by atoms with van der Waals surface area (Å²) in [6.07, 6.45) is 2.29. The summed E-state index contributed by atoms with van der Waals surface area (Å²) in [5.41, 5.74) is 3.61. The van der Waals surface area contributed by atoms with E-state index < -0.39 is 0 Å². The molecule has 0 fully saturated rings. The molecule has 0 saturated heterocycles. The van der Waals surface area contributed by atoms with Crippen LogP contribution in [0.15, 0.2) is 34.8 Å². The van der Waals surface area contributed by atoms with Crippen molar-refractivity contribution >= 4 is 39.1 Å². The minimum Gasteiger partial charge on any atom is -0.312 e. The van der Waals surface area contributed by atoms with E-state index in [9.17, 15) is 14.0 Å². The van der Waals surface area contributed by atoms with Crippen molar-refractivity contribution in [3.05, 3.63) is 57.3 Å². The van der Waals surface area contributed by atoms with E-state index >= 15 is 0 Å². The molecule has 26 heavy (non-hydrogen) atoms. The van der Waals surface area contributed by atoms with Gasteiger partial charge in [0.15, 0.2) is 0 Å². The summed E-state index contributed by atoms with van der Waals surface area (Å²) in [7, 11) is 0. The first-order valence-electron chi connectivity index (χ1n) is 8.66. The molecule has 2 heterocycles. The zero-order valence-electron chi connectivity index (χ0n) is 14.4. The molecule has 134 valence electrons. The van der Waals surface area contributed by atoms with Crippen molar-refractivity contribution in [2.75, 3.05) is 22.9 Å². The molecular weight excluding hydrogens is 399 g/mol. The van der Waals surface area contributed by atoms with Crippen molar-refractivity contribution < 1.29 is 14.0 Å². The summed E-state index contributed by atoms with van der Waals surface area (Å²) in [6.45, 7) is 2.68. The quantitative estimate of drug-likeness (QED) is 0.702. The van der Waals surface area contributed by atoms with Crippen LogP contribution in [-0.4, -0.2) is 24.9 Å². The number of amides is 2. The maximum Gasteiger partial charge on any atom is 0.258 e. The lowest BCUT2D eigenvalue weighted by molar-refractivity contribution is -0.116. The van der Waals surface area contributed by atoms with Gasteiger partial charge in [0.25, 0.3) is 5.91 Å². The van der Waals surface area contributed by atoms with Crippen LogP contribution >= 0.6 is 15.9 Å². The minimum absolute atomic E-state index is 0.000400. The number of halogens is 2. The molecule has 0 saturated carbocycles. The molecule has 0 radical (unpaired) electrons. The van der Waals surface area contributed by atoms with E-state index in [-0.39, 0.29) is 17.6 Å². The number of carbonyl (C=O) groups excluding carboxylic acids is 2. The van der Waals surface area contributed by atoms with E-state index in [0.717, 1.165) is 36.1 Å².